The van der Waals surface area contributed by atoms with Crippen LogP contribution >= 0.6 is 0 Å². The number of hydrogen-bond donors (Lipinski definition) is 2. The number of nitrogens with zero attached hydrogens (tertiary/aromatic N) is 1. The monoisotopic (exact) mass is 156 g/mol. The van der Waals surface area contributed by atoms with Gasteiger partial charge in [-0.15, -0.1) is 0 Å². The van der Waals surface area contributed by atoms with Gasteiger partial charge in [-0.1, -0.05) is 5.16 Å². The summed E-state index contributed by atoms with van der Waals surface area (Å²) in [6.07, 6.45) is 0.101. The van der Waals surface area contributed by atoms with Gasteiger partial charge in [-0.25, -0.2) is 0 Å². The van der Waals surface area contributed by atoms with Crippen molar-refractivity contribution in [3.8, 4) is 0 Å². The van der Waals surface area contributed by atoms with E-state index in [-0.39, 0.29) is 5.76 Å². The molecule has 5 nitrogen and oxygen atoms in total. The fraction of sp³-hybridized carbons (Fsp3) is 0.333. The Labute approximate surface area is 63.0 Å². The van der Waals surface area contributed by atoms with Crippen LogP contribution < -0.4 is 5.32 Å². The minimum absolute atomic E-state index is 0.143. The Kier molecular flexibility index (Phi) is 2.22. The van der Waals surface area contributed by atoms with Crippen LogP contribution in [-0.4, -0.2) is 23.2 Å². The topological polar surface area (TPSA) is 75.4 Å². The first kappa shape index (κ1) is 7.74. The van der Waals surface area contributed by atoms with Gasteiger partial charge in [0.15, 0.2) is 11.9 Å². The van der Waals surface area contributed by atoms with E-state index in [2.05, 4.69) is 15.0 Å². The highest BCUT2D eigenvalue weighted by Crippen LogP contribution is 2.10. The van der Waals surface area contributed by atoms with Gasteiger partial charge in [-0.2, -0.15) is 0 Å². The summed E-state index contributed by atoms with van der Waals surface area (Å²) in [6.45, 7) is 0. The first-order valence-electron chi connectivity index (χ1n) is 3.06. The third-order valence-corrected chi connectivity index (χ3v) is 1.22. The van der Waals surface area contributed by atoms with Gasteiger partial charge < -0.3 is 14.9 Å². The molecule has 0 saturated heterocycles. The summed E-state index contributed by atoms with van der Waals surface area (Å²) in [5.41, 5.74) is 0. The van der Waals surface area contributed by atoms with Gasteiger partial charge in [0.25, 0.3) is 5.91 Å². The molecule has 1 atom stereocenters. The highest BCUT2D eigenvalue weighted by Gasteiger charge is 2.18. The maximum atomic E-state index is 10.8. The maximum Gasteiger partial charge on any atom is 0.256 e. The summed E-state index contributed by atoms with van der Waals surface area (Å²) in [6, 6.07) is 1.43. The summed E-state index contributed by atoms with van der Waals surface area (Å²) >= 11 is 0. The molecule has 0 bridgehead atoms. The minimum atomic E-state index is -1.26. The average Bonchev–Trinajstić information content (AvgIpc) is 2.53. The van der Waals surface area contributed by atoms with Crippen LogP contribution in [0.2, 0.25) is 0 Å². The summed E-state index contributed by atoms with van der Waals surface area (Å²) in [5.74, 6) is -0.369. The van der Waals surface area contributed by atoms with E-state index in [1.807, 2.05) is 0 Å². The zero-order chi connectivity index (χ0) is 8.27. The van der Waals surface area contributed by atoms with Crippen LogP contribution in [0.3, 0.4) is 0 Å². The Morgan fingerprint density at radius 1 is 1.91 bits per heavy atom. The lowest BCUT2D eigenvalue weighted by molar-refractivity contribution is -0.130. The molecule has 0 fully saturated rings. The van der Waals surface area contributed by atoms with Crippen molar-refractivity contribution in [2.24, 2.45) is 0 Å². The largest absolute Gasteiger partial charge is 0.376 e. The van der Waals surface area contributed by atoms with E-state index in [0.29, 0.717) is 0 Å². The third kappa shape index (κ3) is 1.56. The molecule has 1 rings (SSSR count). The molecule has 1 amide bonds. The molecular formula is C6H8N2O3. The standard InChI is InChI=1S/C6H8N2O3/c1-7-6(10)5(9)4-2-3-8-11-4/h2-3,5,9H,1H3,(H,7,10). The molecule has 0 radical (unpaired) electrons. The number of amides is 1. The van der Waals surface area contributed by atoms with Gasteiger partial charge in [0.05, 0.1) is 6.20 Å². The average molecular weight is 156 g/mol. The minimum Gasteiger partial charge on any atom is -0.376 e. The van der Waals surface area contributed by atoms with Crippen molar-refractivity contribution in [1.82, 2.24) is 10.5 Å². The number of nitrogens with one attached hydrogen (secondary N) is 1. The van der Waals surface area contributed by atoms with E-state index >= 15 is 0 Å². The molecule has 0 spiro atoms. The molecule has 0 aliphatic heterocycles. The SMILES string of the molecule is CNC(=O)C(O)c1ccno1. The molecule has 1 heterocycles. The first-order valence-corrected chi connectivity index (χ1v) is 3.06. The van der Waals surface area contributed by atoms with E-state index in [9.17, 15) is 4.79 Å². The molecular weight excluding hydrogens is 148 g/mol. The van der Waals surface area contributed by atoms with Crippen LogP contribution in [0.1, 0.15) is 11.9 Å². The number of likely N-dealkylation sites (N-methyl/N-ethyl adjacent to an activating group) is 1. The number of carbonyl (C=O) groups is 1. The molecule has 0 aromatic carbocycles. The number of aliphatic hydroxyl groups is 1. The fourth-order valence-corrected chi connectivity index (χ4v) is 0.633. The lowest BCUT2D eigenvalue weighted by Crippen LogP contribution is -2.25. The second kappa shape index (κ2) is 3.16. The van der Waals surface area contributed by atoms with Crippen molar-refractivity contribution in [3.05, 3.63) is 18.0 Å². The Morgan fingerprint density at radius 2 is 2.64 bits per heavy atom. The number of aliphatic hydroxyl groups excluding tert-OH is 1. The molecule has 0 saturated carbocycles. The summed E-state index contributed by atoms with van der Waals surface area (Å²) < 4.78 is 4.56. The number of rotatable bonds is 2. The highest BCUT2D eigenvalue weighted by molar-refractivity contribution is 5.80. The molecule has 5 heteroatoms. The van der Waals surface area contributed by atoms with E-state index in [4.69, 9.17) is 5.11 Å². The lowest BCUT2D eigenvalue weighted by Gasteiger charge is -2.02. The zero-order valence-electron chi connectivity index (χ0n) is 5.94. The number of hydrogen-bond acceptors (Lipinski definition) is 4. The summed E-state index contributed by atoms with van der Waals surface area (Å²) in [7, 11) is 1.43. The fourth-order valence-electron chi connectivity index (χ4n) is 0.633. The molecule has 11 heavy (non-hydrogen) atoms. The molecule has 0 aliphatic rings. The summed E-state index contributed by atoms with van der Waals surface area (Å²) in [4.78, 5) is 10.8. The molecule has 60 valence electrons. The molecule has 1 unspecified atom stereocenters. The van der Waals surface area contributed by atoms with Crippen LogP contribution in [0.15, 0.2) is 16.8 Å². The van der Waals surface area contributed by atoms with Crippen molar-refractivity contribution < 1.29 is 14.4 Å². The Bertz CT molecular complexity index is 232. The predicted octanol–water partition coefficient (Wildman–Crippen LogP) is -0.546. The van der Waals surface area contributed by atoms with Crippen LogP contribution in [-0.2, 0) is 4.79 Å². The Morgan fingerprint density at radius 3 is 3.09 bits per heavy atom. The van der Waals surface area contributed by atoms with E-state index in [0.717, 1.165) is 0 Å². The Balaban J connectivity index is 2.70. The van der Waals surface area contributed by atoms with Crippen molar-refractivity contribution in [2.45, 2.75) is 6.10 Å². The van der Waals surface area contributed by atoms with Crippen LogP contribution in [0.25, 0.3) is 0 Å². The lowest BCUT2D eigenvalue weighted by atomic mass is 10.2. The van der Waals surface area contributed by atoms with Gasteiger partial charge >= 0.3 is 0 Å². The van der Waals surface area contributed by atoms with Gasteiger partial charge in [0.1, 0.15) is 0 Å². The van der Waals surface area contributed by atoms with Crippen LogP contribution in [0.4, 0.5) is 0 Å². The quantitative estimate of drug-likeness (QED) is 0.602. The van der Waals surface area contributed by atoms with Crippen molar-refractivity contribution in [3.63, 3.8) is 0 Å². The number of aromatic nitrogens is 1. The maximum absolute atomic E-state index is 10.8. The van der Waals surface area contributed by atoms with Gasteiger partial charge in [-0.05, 0) is 0 Å². The van der Waals surface area contributed by atoms with Gasteiger partial charge in [0, 0.05) is 13.1 Å². The van der Waals surface area contributed by atoms with Crippen molar-refractivity contribution >= 4 is 5.91 Å². The smallest absolute Gasteiger partial charge is 0.256 e. The highest BCUT2D eigenvalue weighted by atomic mass is 16.5. The second-order valence-corrected chi connectivity index (χ2v) is 1.93. The van der Waals surface area contributed by atoms with E-state index < -0.39 is 12.0 Å². The number of carbonyl (C=O) groups excluding carboxylic acids is 1. The van der Waals surface area contributed by atoms with Crippen LogP contribution in [0, 0.1) is 0 Å². The van der Waals surface area contributed by atoms with Crippen molar-refractivity contribution in [2.75, 3.05) is 7.05 Å². The van der Waals surface area contributed by atoms with Crippen LogP contribution in [0.5, 0.6) is 0 Å². The third-order valence-electron chi connectivity index (χ3n) is 1.22. The normalized spacial score (nSPS) is 12.5. The molecule has 0 aliphatic carbocycles. The van der Waals surface area contributed by atoms with Gasteiger partial charge in [-0.3, -0.25) is 4.79 Å². The molecule has 2 N–H and O–H groups in total. The molecule has 1 aromatic rings. The zero-order valence-corrected chi connectivity index (χ0v) is 5.94. The van der Waals surface area contributed by atoms with Gasteiger partial charge in [0.2, 0.25) is 0 Å². The Hall–Kier alpha value is -1.36. The summed E-state index contributed by atoms with van der Waals surface area (Å²) in [5, 5.41) is 14.8. The predicted molar refractivity (Wildman–Crippen MR) is 35.5 cm³/mol. The van der Waals surface area contributed by atoms with E-state index in [1.165, 1.54) is 19.3 Å². The first-order chi connectivity index (χ1) is 5.25. The second-order valence-electron chi connectivity index (χ2n) is 1.93. The van der Waals surface area contributed by atoms with Crippen molar-refractivity contribution in [1.29, 1.82) is 0 Å². The molecule has 1 aromatic heterocycles. The van der Waals surface area contributed by atoms with E-state index in [1.54, 1.807) is 0 Å².